The standard InChI is InChI=1S/C10H11NO/c12-9-3-1-2-4-10-5-7-11-8-6-10/h5-8,12H,1,3,9H2. The quantitative estimate of drug-likeness (QED) is 0.522. The van der Waals surface area contributed by atoms with Crippen LogP contribution in [0.2, 0.25) is 0 Å². The van der Waals surface area contributed by atoms with Crippen LogP contribution in [0.5, 0.6) is 0 Å². The van der Waals surface area contributed by atoms with E-state index in [0.717, 1.165) is 18.4 Å². The van der Waals surface area contributed by atoms with Gasteiger partial charge in [-0.15, -0.1) is 0 Å². The van der Waals surface area contributed by atoms with E-state index in [9.17, 15) is 0 Å². The Morgan fingerprint density at radius 1 is 1.33 bits per heavy atom. The zero-order valence-electron chi connectivity index (χ0n) is 6.83. The summed E-state index contributed by atoms with van der Waals surface area (Å²) in [5.41, 5.74) is 0.975. The molecule has 1 N–H and O–H groups in total. The average Bonchev–Trinajstić information content (AvgIpc) is 2.14. The second-order valence-electron chi connectivity index (χ2n) is 2.36. The molecule has 0 aliphatic carbocycles. The van der Waals surface area contributed by atoms with Crippen molar-refractivity contribution >= 4 is 0 Å². The Bertz CT molecular complexity index is 271. The molecule has 62 valence electrons. The number of aliphatic hydroxyl groups excluding tert-OH is 1. The summed E-state index contributed by atoms with van der Waals surface area (Å²) >= 11 is 0. The summed E-state index contributed by atoms with van der Waals surface area (Å²) in [5.74, 6) is 5.94. The van der Waals surface area contributed by atoms with Gasteiger partial charge in [0.2, 0.25) is 0 Å². The summed E-state index contributed by atoms with van der Waals surface area (Å²) in [6, 6.07) is 3.73. The molecule has 0 atom stereocenters. The molecule has 0 radical (unpaired) electrons. The van der Waals surface area contributed by atoms with E-state index in [1.165, 1.54) is 0 Å². The summed E-state index contributed by atoms with van der Waals surface area (Å²) in [4.78, 5) is 3.88. The molecule has 0 spiro atoms. The maximum atomic E-state index is 8.49. The van der Waals surface area contributed by atoms with Gasteiger partial charge in [-0.1, -0.05) is 11.8 Å². The third-order valence-corrected chi connectivity index (χ3v) is 1.37. The van der Waals surface area contributed by atoms with Crippen molar-refractivity contribution in [2.45, 2.75) is 12.8 Å². The molecule has 0 aliphatic heterocycles. The van der Waals surface area contributed by atoms with Crippen LogP contribution >= 0.6 is 0 Å². The summed E-state index contributed by atoms with van der Waals surface area (Å²) in [7, 11) is 0. The van der Waals surface area contributed by atoms with Gasteiger partial charge in [-0.2, -0.15) is 0 Å². The first-order valence-corrected chi connectivity index (χ1v) is 3.93. The number of hydrogen-bond donors (Lipinski definition) is 1. The largest absolute Gasteiger partial charge is 0.396 e. The number of aliphatic hydroxyl groups is 1. The Hall–Kier alpha value is -1.33. The average molecular weight is 161 g/mol. The van der Waals surface area contributed by atoms with Crippen molar-refractivity contribution in [3.8, 4) is 11.8 Å². The highest BCUT2D eigenvalue weighted by atomic mass is 16.2. The zero-order chi connectivity index (χ0) is 8.65. The normalized spacial score (nSPS) is 8.75. The van der Waals surface area contributed by atoms with Crippen LogP contribution in [-0.2, 0) is 0 Å². The third kappa shape index (κ3) is 3.18. The van der Waals surface area contributed by atoms with Crippen LogP contribution in [-0.4, -0.2) is 16.7 Å². The van der Waals surface area contributed by atoms with Gasteiger partial charge in [-0.3, -0.25) is 4.98 Å². The zero-order valence-corrected chi connectivity index (χ0v) is 6.83. The minimum Gasteiger partial charge on any atom is -0.396 e. The van der Waals surface area contributed by atoms with E-state index in [4.69, 9.17) is 5.11 Å². The Kier molecular flexibility index (Phi) is 3.90. The molecule has 0 aromatic carbocycles. The highest BCUT2D eigenvalue weighted by Crippen LogP contribution is 1.93. The first kappa shape index (κ1) is 8.76. The Morgan fingerprint density at radius 2 is 2.08 bits per heavy atom. The number of rotatable bonds is 2. The monoisotopic (exact) mass is 161 g/mol. The van der Waals surface area contributed by atoms with Crippen molar-refractivity contribution in [3.63, 3.8) is 0 Å². The van der Waals surface area contributed by atoms with Crippen LogP contribution in [0, 0.1) is 11.8 Å². The van der Waals surface area contributed by atoms with Gasteiger partial charge in [0.25, 0.3) is 0 Å². The molecule has 12 heavy (non-hydrogen) atoms. The van der Waals surface area contributed by atoms with Gasteiger partial charge in [0, 0.05) is 31.0 Å². The summed E-state index contributed by atoms with van der Waals surface area (Å²) in [6.45, 7) is 0.213. The minimum atomic E-state index is 0.213. The molecular weight excluding hydrogens is 150 g/mol. The van der Waals surface area contributed by atoms with Gasteiger partial charge in [-0.05, 0) is 18.6 Å². The molecule has 1 aromatic rings. The molecule has 0 saturated heterocycles. The molecule has 0 bridgehead atoms. The minimum absolute atomic E-state index is 0.213. The first-order valence-electron chi connectivity index (χ1n) is 3.93. The van der Waals surface area contributed by atoms with E-state index in [1.54, 1.807) is 12.4 Å². The molecule has 2 heteroatoms. The highest BCUT2D eigenvalue weighted by molar-refractivity contribution is 5.31. The molecule has 2 nitrogen and oxygen atoms in total. The number of pyridine rings is 1. The highest BCUT2D eigenvalue weighted by Gasteiger charge is 1.81. The van der Waals surface area contributed by atoms with Crippen molar-refractivity contribution in [2.24, 2.45) is 0 Å². The van der Waals surface area contributed by atoms with Crippen LogP contribution in [0.25, 0.3) is 0 Å². The second kappa shape index (κ2) is 5.34. The fourth-order valence-electron chi connectivity index (χ4n) is 0.767. The lowest BCUT2D eigenvalue weighted by molar-refractivity contribution is 0.290. The Labute approximate surface area is 72.3 Å². The van der Waals surface area contributed by atoms with E-state index in [-0.39, 0.29) is 6.61 Å². The number of unbranched alkanes of at least 4 members (excludes halogenated alkanes) is 1. The van der Waals surface area contributed by atoms with Gasteiger partial charge in [0.15, 0.2) is 0 Å². The lowest BCUT2D eigenvalue weighted by Gasteiger charge is -1.86. The van der Waals surface area contributed by atoms with E-state index in [2.05, 4.69) is 16.8 Å². The van der Waals surface area contributed by atoms with E-state index in [1.807, 2.05) is 12.1 Å². The third-order valence-electron chi connectivity index (χ3n) is 1.37. The Balaban J connectivity index is 2.44. The van der Waals surface area contributed by atoms with Gasteiger partial charge in [0.05, 0.1) is 0 Å². The van der Waals surface area contributed by atoms with Crippen LogP contribution in [0.15, 0.2) is 24.5 Å². The molecule has 1 rings (SSSR count). The van der Waals surface area contributed by atoms with Crippen LogP contribution in [0.3, 0.4) is 0 Å². The molecule has 0 amide bonds. The van der Waals surface area contributed by atoms with E-state index in [0.29, 0.717) is 0 Å². The maximum absolute atomic E-state index is 8.49. The van der Waals surface area contributed by atoms with Gasteiger partial charge in [0.1, 0.15) is 0 Å². The molecule has 1 aromatic heterocycles. The van der Waals surface area contributed by atoms with Crippen LogP contribution < -0.4 is 0 Å². The molecule has 1 heterocycles. The smallest absolute Gasteiger partial charge is 0.0440 e. The van der Waals surface area contributed by atoms with Crippen molar-refractivity contribution < 1.29 is 5.11 Å². The van der Waals surface area contributed by atoms with E-state index < -0.39 is 0 Å². The Morgan fingerprint density at radius 3 is 2.75 bits per heavy atom. The van der Waals surface area contributed by atoms with Gasteiger partial charge < -0.3 is 5.11 Å². The second-order valence-corrected chi connectivity index (χ2v) is 2.36. The van der Waals surface area contributed by atoms with Crippen molar-refractivity contribution in [1.82, 2.24) is 4.98 Å². The predicted molar refractivity (Wildman–Crippen MR) is 47.4 cm³/mol. The molecule has 0 unspecified atom stereocenters. The van der Waals surface area contributed by atoms with E-state index >= 15 is 0 Å². The van der Waals surface area contributed by atoms with Crippen molar-refractivity contribution in [1.29, 1.82) is 0 Å². The molecule has 0 aliphatic rings. The number of nitrogens with zero attached hydrogens (tertiary/aromatic N) is 1. The molecular formula is C10H11NO. The topological polar surface area (TPSA) is 33.1 Å². The predicted octanol–water partition coefficient (Wildman–Crippen LogP) is 1.21. The van der Waals surface area contributed by atoms with Gasteiger partial charge in [-0.25, -0.2) is 0 Å². The van der Waals surface area contributed by atoms with Crippen LogP contribution in [0.1, 0.15) is 18.4 Å². The lowest BCUT2D eigenvalue weighted by Crippen LogP contribution is -1.79. The molecule has 0 fully saturated rings. The SMILES string of the molecule is OCCCC#Cc1ccncc1. The van der Waals surface area contributed by atoms with Gasteiger partial charge >= 0.3 is 0 Å². The fraction of sp³-hybridized carbons (Fsp3) is 0.300. The fourth-order valence-corrected chi connectivity index (χ4v) is 0.767. The first-order chi connectivity index (χ1) is 5.93. The van der Waals surface area contributed by atoms with Crippen molar-refractivity contribution in [2.75, 3.05) is 6.61 Å². The number of hydrogen-bond acceptors (Lipinski definition) is 2. The number of aromatic nitrogens is 1. The summed E-state index contributed by atoms with van der Waals surface area (Å²) < 4.78 is 0. The lowest BCUT2D eigenvalue weighted by atomic mass is 10.2. The summed E-state index contributed by atoms with van der Waals surface area (Å²) in [6.07, 6.45) is 4.93. The van der Waals surface area contributed by atoms with Crippen molar-refractivity contribution in [3.05, 3.63) is 30.1 Å². The summed E-state index contributed by atoms with van der Waals surface area (Å²) in [5, 5.41) is 8.49. The van der Waals surface area contributed by atoms with Crippen LogP contribution in [0.4, 0.5) is 0 Å². The molecule has 0 saturated carbocycles. The maximum Gasteiger partial charge on any atom is 0.0440 e.